The van der Waals surface area contributed by atoms with Gasteiger partial charge in [0.25, 0.3) is 5.91 Å². The fourth-order valence-electron chi connectivity index (χ4n) is 2.56. The van der Waals surface area contributed by atoms with Crippen molar-refractivity contribution in [2.75, 3.05) is 13.7 Å². The third-order valence-corrected chi connectivity index (χ3v) is 5.06. The minimum absolute atomic E-state index is 0.170. The lowest BCUT2D eigenvalue weighted by Gasteiger charge is -2.28. The van der Waals surface area contributed by atoms with Crippen molar-refractivity contribution in [3.8, 4) is 5.75 Å². The van der Waals surface area contributed by atoms with Crippen molar-refractivity contribution in [3.63, 3.8) is 0 Å². The standard InChI is InChI=1S/C20H22BrClN2O3/c1-13-9-17(7-8-18(13)22)27-12-19(25)24(14(2)20(26)23-3)11-15-5-4-6-16(21)10-15/h4-10,14H,11-12H2,1-3H3,(H,23,26)/t14-/m0/s1. The molecule has 0 fully saturated rings. The van der Waals surface area contributed by atoms with Crippen LogP contribution in [0.5, 0.6) is 5.75 Å². The highest BCUT2D eigenvalue weighted by Gasteiger charge is 2.25. The molecular formula is C20H22BrClN2O3. The summed E-state index contributed by atoms with van der Waals surface area (Å²) in [5, 5.41) is 3.22. The molecule has 0 bridgehead atoms. The lowest BCUT2D eigenvalue weighted by molar-refractivity contribution is -0.142. The fraction of sp³-hybridized carbons (Fsp3) is 0.300. The maximum Gasteiger partial charge on any atom is 0.261 e. The molecule has 7 heteroatoms. The molecule has 0 radical (unpaired) electrons. The quantitative estimate of drug-likeness (QED) is 0.690. The Morgan fingerprint density at radius 3 is 2.63 bits per heavy atom. The van der Waals surface area contributed by atoms with Crippen molar-refractivity contribution in [1.82, 2.24) is 10.2 Å². The van der Waals surface area contributed by atoms with Crippen LogP contribution in [0.4, 0.5) is 0 Å². The van der Waals surface area contributed by atoms with Crippen LogP contribution in [0, 0.1) is 6.92 Å². The van der Waals surface area contributed by atoms with E-state index < -0.39 is 6.04 Å². The van der Waals surface area contributed by atoms with Crippen molar-refractivity contribution >= 4 is 39.3 Å². The van der Waals surface area contributed by atoms with Gasteiger partial charge in [0, 0.05) is 23.1 Å². The van der Waals surface area contributed by atoms with Gasteiger partial charge in [0.2, 0.25) is 5.91 Å². The molecular weight excluding hydrogens is 432 g/mol. The average molecular weight is 454 g/mol. The number of halogens is 2. The molecule has 2 amide bonds. The minimum atomic E-state index is -0.628. The van der Waals surface area contributed by atoms with E-state index in [0.29, 0.717) is 17.3 Å². The summed E-state index contributed by atoms with van der Waals surface area (Å²) in [6.07, 6.45) is 0. The van der Waals surface area contributed by atoms with E-state index in [1.165, 1.54) is 4.90 Å². The van der Waals surface area contributed by atoms with Crippen LogP contribution in [0.3, 0.4) is 0 Å². The van der Waals surface area contributed by atoms with Gasteiger partial charge in [0.1, 0.15) is 11.8 Å². The number of nitrogens with zero attached hydrogens (tertiary/aromatic N) is 1. The first-order valence-corrected chi connectivity index (χ1v) is 9.63. The Bertz CT molecular complexity index is 829. The minimum Gasteiger partial charge on any atom is -0.484 e. The Morgan fingerprint density at radius 2 is 2.00 bits per heavy atom. The number of benzene rings is 2. The third-order valence-electron chi connectivity index (χ3n) is 4.15. The van der Waals surface area contributed by atoms with Gasteiger partial charge in [-0.15, -0.1) is 0 Å². The van der Waals surface area contributed by atoms with Crippen molar-refractivity contribution < 1.29 is 14.3 Å². The zero-order chi connectivity index (χ0) is 20.0. The summed E-state index contributed by atoms with van der Waals surface area (Å²) in [4.78, 5) is 26.4. The van der Waals surface area contributed by atoms with Gasteiger partial charge in [0.15, 0.2) is 6.61 Å². The Morgan fingerprint density at radius 1 is 1.26 bits per heavy atom. The van der Waals surface area contributed by atoms with Crippen molar-refractivity contribution in [1.29, 1.82) is 0 Å². The predicted molar refractivity (Wildman–Crippen MR) is 110 cm³/mol. The van der Waals surface area contributed by atoms with Gasteiger partial charge >= 0.3 is 0 Å². The SMILES string of the molecule is CNC(=O)[C@H](C)N(Cc1cccc(Br)c1)C(=O)COc1ccc(Cl)c(C)c1. The second kappa shape index (κ2) is 9.76. The van der Waals surface area contributed by atoms with Crippen LogP contribution in [0.2, 0.25) is 5.02 Å². The van der Waals surface area contributed by atoms with Crippen LogP contribution in [-0.2, 0) is 16.1 Å². The molecule has 0 aliphatic carbocycles. The van der Waals surface area contributed by atoms with E-state index in [4.69, 9.17) is 16.3 Å². The number of nitrogens with one attached hydrogen (secondary N) is 1. The number of aryl methyl sites for hydroxylation is 1. The van der Waals surface area contributed by atoms with Gasteiger partial charge < -0.3 is 15.0 Å². The van der Waals surface area contributed by atoms with Gasteiger partial charge in [-0.25, -0.2) is 0 Å². The molecule has 2 aromatic carbocycles. The topological polar surface area (TPSA) is 58.6 Å². The first kappa shape index (κ1) is 21.3. The molecule has 1 N–H and O–H groups in total. The van der Waals surface area contributed by atoms with E-state index in [1.54, 1.807) is 32.2 Å². The molecule has 5 nitrogen and oxygen atoms in total. The summed E-state index contributed by atoms with van der Waals surface area (Å²) in [5.74, 6) is 0.0413. The molecule has 0 aliphatic rings. The van der Waals surface area contributed by atoms with E-state index in [1.807, 2.05) is 31.2 Å². The molecule has 144 valence electrons. The van der Waals surface area contributed by atoms with Crippen LogP contribution in [0.1, 0.15) is 18.1 Å². The number of carbonyl (C=O) groups is 2. The van der Waals surface area contributed by atoms with Crippen molar-refractivity contribution in [3.05, 3.63) is 63.1 Å². The van der Waals surface area contributed by atoms with Crippen LogP contribution in [0.15, 0.2) is 46.9 Å². The highest BCUT2D eigenvalue weighted by molar-refractivity contribution is 9.10. The van der Waals surface area contributed by atoms with Crippen LogP contribution in [0.25, 0.3) is 0 Å². The molecule has 1 atom stereocenters. The summed E-state index contributed by atoms with van der Waals surface area (Å²) in [7, 11) is 1.55. The maximum atomic E-state index is 12.8. The highest BCUT2D eigenvalue weighted by Crippen LogP contribution is 2.21. The molecule has 0 saturated carbocycles. The molecule has 0 unspecified atom stereocenters. The van der Waals surface area contributed by atoms with Crippen LogP contribution >= 0.6 is 27.5 Å². The van der Waals surface area contributed by atoms with Crippen molar-refractivity contribution in [2.24, 2.45) is 0 Å². The molecule has 0 aromatic heterocycles. The lowest BCUT2D eigenvalue weighted by Crippen LogP contribution is -2.48. The molecule has 0 heterocycles. The van der Waals surface area contributed by atoms with Gasteiger partial charge in [-0.3, -0.25) is 9.59 Å². The largest absolute Gasteiger partial charge is 0.484 e. The third kappa shape index (κ3) is 5.97. The van der Waals surface area contributed by atoms with Crippen LogP contribution < -0.4 is 10.1 Å². The Hall–Kier alpha value is -2.05. The molecule has 2 rings (SSSR count). The molecule has 0 aliphatic heterocycles. The highest BCUT2D eigenvalue weighted by atomic mass is 79.9. The smallest absolute Gasteiger partial charge is 0.261 e. The van der Waals surface area contributed by atoms with Gasteiger partial charge in [-0.1, -0.05) is 39.7 Å². The number of amides is 2. The van der Waals surface area contributed by atoms with E-state index in [-0.39, 0.29) is 18.4 Å². The fourth-order valence-corrected chi connectivity index (χ4v) is 3.12. The lowest BCUT2D eigenvalue weighted by atomic mass is 10.1. The summed E-state index contributed by atoms with van der Waals surface area (Å²) >= 11 is 9.43. The van der Waals surface area contributed by atoms with Gasteiger partial charge in [0.05, 0.1) is 0 Å². The first-order valence-electron chi connectivity index (χ1n) is 8.46. The summed E-state index contributed by atoms with van der Waals surface area (Å²) < 4.78 is 6.53. The molecule has 27 heavy (non-hydrogen) atoms. The zero-order valence-electron chi connectivity index (χ0n) is 15.5. The zero-order valence-corrected chi connectivity index (χ0v) is 17.8. The Kier molecular flexibility index (Phi) is 7.68. The average Bonchev–Trinajstić information content (AvgIpc) is 2.65. The van der Waals surface area contributed by atoms with E-state index >= 15 is 0 Å². The van der Waals surface area contributed by atoms with E-state index in [2.05, 4.69) is 21.2 Å². The van der Waals surface area contributed by atoms with Crippen molar-refractivity contribution in [2.45, 2.75) is 26.4 Å². The second-order valence-corrected chi connectivity index (χ2v) is 7.46. The molecule has 0 saturated heterocycles. The van der Waals surface area contributed by atoms with E-state index in [9.17, 15) is 9.59 Å². The summed E-state index contributed by atoms with van der Waals surface area (Å²) in [6, 6.07) is 12.2. The molecule has 2 aromatic rings. The first-order chi connectivity index (χ1) is 12.8. The predicted octanol–water partition coefficient (Wildman–Crippen LogP) is 3.95. The van der Waals surface area contributed by atoms with Gasteiger partial charge in [-0.2, -0.15) is 0 Å². The normalized spacial score (nSPS) is 11.6. The number of hydrogen-bond acceptors (Lipinski definition) is 3. The summed E-state index contributed by atoms with van der Waals surface area (Å²) in [5.41, 5.74) is 1.78. The summed E-state index contributed by atoms with van der Waals surface area (Å²) in [6.45, 7) is 3.69. The Labute approximate surface area is 172 Å². The Balaban J connectivity index is 2.14. The monoisotopic (exact) mass is 452 g/mol. The van der Waals surface area contributed by atoms with E-state index in [0.717, 1.165) is 15.6 Å². The number of carbonyl (C=O) groups excluding carboxylic acids is 2. The maximum absolute atomic E-state index is 12.8. The number of ether oxygens (including phenoxy) is 1. The van der Waals surface area contributed by atoms with Crippen LogP contribution in [-0.4, -0.2) is 36.4 Å². The number of rotatable bonds is 7. The number of likely N-dealkylation sites (N-methyl/N-ethyl adjacent to an activating group) is 1. The second-order valence-electron chi connectivity index (χ2n) is 6.14. The molecule has 0 spiro atoms. The number of hydrogen-bond donors (Lipinski definition) is 1. The van der Waals surface area contributed by atoms with Gasteiger partial charge in [-0.05, 0) is 55.3 Å².